The van der Waals surface area contributed by atoms with E-state index in [1.807, 2.05) is 6.92 Å². The first-order valence-electron chi connectivity index (χ1n) is 10.6. The monoisotopic (exact) mass is 494 g/mol. The molecule has 1 atom stereocenters. The van der Waals surface area contributed by atoms with Crippen LogP contribution in [0.3, 0.4) is 0 Å². The van der Waals surface area contributed by atoms with E-state index in [1.54, 1.807) is 37.3 Å². The van der Waals surface area contributed by atoms with Crippen LogP contribution in [0.5, 0.6) is 0 Å². The van der Waals surface area contributed by atoms with Crippen LogP contribution in [-0.2, 0) is 4.79 Å². The largest absolute Gasteiger partial charge is 0.325 e. The van der Waals surface area contributed by atoms with Gasteiger partial charge in [0.2, 0.25) is 5.91 Å². The van der Waals surface area contributed by atoms with Crippen LogP contribution in [0.15, 0.2) is 71.6 Å². The fraction of sp³-hybridized carbons (Fsp3) is 0.167. The molecular formula is C24H22N4O6S. The van der Waals surface area contributed by atoms with Crippen LogP contribution in [0.1, 0.15) is 29.3 Å². The number of rotatable bonds is 9. The van der Waals surface area contributed by atoms with Gasteiger partial charge in [-0.2, -0.15) is 0 Å². The van der Waals surface area contributed by atoms with Gasteiger partial charge in [-0.25, -0.2) is 0 Å². The van der Waals surface area contributed by atoms with Gasteiger partial charge in [0.1, 0.15) is 0 Å². The van der Waals surface area contributed by atoms with E-state index >= 15 is 0 Å². The summed E-state index contributed by atoms with van der Waals surface area (Å²) >= 11 is 1.30. The lowest BCUT2D eigenvalue weighted by Crippen LogP contribution is -2.25. The topological polar surface area (TPSA) is 144 Å². The third-order valence-electron chi connectivity index (χ3n) is 5.06. The molecule has 0 aliphatic rings. The van der Waals surface area contributed by atoms with Crippen molar-refractivity contribution in [3.8, 4) is 0 Å². The van der Waals surface area contributed by atoms with Gasteiger partial charge in [0.15, 0.2) is 0 Å². The summed E-state index contributed by atoms with van der Waals surface area (Å²) in [6.45, 7) is 3.61. The Morgan fingerprint density at radius 1 is 0.914 bits per heavy atom. The van der Waals surface area contributed by atoms with E-state index in [2.05, 4.69) is 10.6 Å². The lowest BCUT2D eigenvalue weighted by Gasteiger charge is -2.16. The highest BCUT2D eigenvalue weighted by atomic mass is 32.2. The number of nitrogens with zero attached hydrogens (tertiary/aromatic N) is 2. The number of benzene rings is 3. The Balaban J connectivity index is 1.68. The molecule has 3 aromatic rings. The van der Waals surface area contributed by atoms with Crippen molar-refractivity contribution in [2.75, 3.05) is 10.6 Å². The zero-order valence-electron chi connectivity index (χ0n) is 18.9. The van der Waals surface area contributed by atoms with Crippen molar-refractivity contribution in [3.63, 3.8) is 0 Å². The van der Waals surface area contributed by atoms with Gasteiger partial charge in [-0.1, -0.05) is 19.1 Å². The molecule has 3 aromatic carbocycles. The molecule has 0 saturated heterocycles. The summed E-state index contributed by atoms with van der Waals surface area (Å²) in [6, 6.07) is 16.5. The molecule has 2 N–H and O–H groups in total. The predicted octanol–water partition coefficient (Wildman–Crippen LogP) is 5.57. The first-order valence-corrected chi connectivity index (χ1v) is 11.4. The fourth-order valence-corrected chi connectivity index (χ4v) is 4.16. The summed E-state index contributed by atoms with van der Waals surface area (Å²) in [5.41, 5.74) is 1.65. The minimum atomic E-state index is -0.539. The van der Waals surface area contributed by atoms with Gasteiger partial charge in [-0.05, 0) is 49.2 Å². The van der Waals surface area contributed by atoms with Crippen LogP contribution < -0.4 is 10.6 Å². The van der Waals surface area contributed by atoms with Crippen LogP contribution in [-0.4, -0.2) is 26.9 Å². The third kappa shape index (κ3) is 6.64. The van der Waals surface area contributed by atoms with E-state index in [0.717, 1.165) is 4.90 Å². The SMILES string of the molecule is CCC(Sc1cccc(NC(=O)c2ccc([N+](=O)[O-])cc2)c1)C(=O)Nc1cc([N+](=O)[O-])ccc1C. The molecule has 0 aromatic heterocycles. The average Bonchev–Trinajstić information content (AvgIpc) is 2.83. The number of thioether (sulfide) groups is 1. The zero-order valence-corrected chi connectivity index (χ0v) is 19.7. The van der Waals surface area contributed by atoms with E-state index in [9.17, 15) is 29.8 Å². The summed E-state index contributed by atoms with van der Waals surface area (Å²) in [5.74, 6) is -0.714. The Morgan fingerprint density at radius 3 is 2.20 bits per heavy atom. The van der Waals surface area contributed by atoms with Crippen LogP contribution in [0.4, 0.5) is 22.7 Å². The maximum Gasteiger partial charge on any atom is 0.271 e. The number of nitrogens with one attached hydrogen (secondary N) is 2. The van der Waals surface area contributed by atoms with Gasteiger partial charge >= 0.3 is 0 Å². The molecule has 0 bridgehead atoms. The second-order valence-electron chi connectivity index (χ2n) is 7.55. The normalized spacial score (nSPS) is 11.4. The molecule has 3 rings (SSSR count). The van der Waals surface area contributed by atoms with Gasteiger partial charge < -0.3 is 10.6 Å². The number of nitro groups is 2. The van der Waals surface area contributed by atoms with Crippen molar-refractivity contribution < 1.29 is 19.4 Å². The van der Waals surface area contributed by atoms with E-state index in [4.69, 9.17) is 0 Å². The molecule has 1 unspecified atom stereocenters. The van der Waals surface area contributed by atoms with Crippen molar-refractivity contribution in [3.05, 3.63) is 98.1 Å². The maximum atomic E-state index is 12.9. The number of carbonyl (C=O) groups is 2. The van der Waals surface area contributed by atoms with E-state index in [0.29, 0.717) is 23.4 Å². The van der Waals surface area contributed by atoms with Crippen molar-refractivity contribution in [2.45, 2.75) is 30.4 Å². The highest BCUT2D eigenvalue weighted by Gasteiger charge is 2.20. The molecule has 10 nitrogen and oxygen atoms in total. The number of amides is 2. The smallest absolute Gasteiger partial charge is 0.271 e. The summed E-state index contributed by atoms with van der Waals surface area (Å²) in [7, 11) is 0. The quantitative estimate of drug-likeness (QED) is 0.225. The van der Waals surface area contributed by atoms with E-state index in [1.165, 1.54) is 48.2 Å². The summed E-state index contributed by atoms with van der Waals surface area (Å²) < 4.78 is 0. The number of nitro benzene ring substituents is 2. The predicted molar refractivity (Wildman–Crippen MR) is 134 cm³/mol. The number of aryl methyl sites for hydroxylation is 1. The third-order valence-corrected chi connectivity index (χ3v) is 6.42. The molecule has 11 heteroatoms. The molecule has 0 aliphatic carbocycles. The molecule has 0 heterocycles. The molecule has 2 amide bonds. The molecular weight excluding hydrogens is 472 g/mol. The fourth-order valence-electron chi connectivity index (χ4n) is 3.14. The summed E-state index contributed by atoms with van der Waals surface area (Å²) in [4.78, 5) is 46.9. The summed E-state index contributed by atoms with van der Waals surface area (Å²) in [6.07, 6.45) is 0.504. The van der Waals surface area contributed by atoms with Crippen LogP contribution in [0.25, 0.3) is 0 Å². The molecule has 0 spiro atoms. The Hall–Kier alpha value is -4.25. The lowest BCUT2D eigenvalue weighted by atomic mass is 10.1. The Kier molecular flexibility index (Phi) is 8.16. The molecule has 35 heavy (non-hydrogen) atoms. The van der Waals surface area contributed by atoms with Crippen molar-refractivity contribution in [1.82, 2.24) is 0 Å². The van der Waals surface area contributed by atoms with E-state index < -0.39 is 21.0 Å². The second-order valence-corrected chi connectivity index (χ2v) is 8.82. The highest BCUT2D eigenvalue weighted by molar-refractivity contribution is 8.00. The minimum absolute atomic E-state index is 0.107. The zero-order chi connectivity index (χ0) is 25.5. The second kappa shape index (κ2) is 11.3. The first-order chi connectivity index (χ1) is 16.7. The minimum Gasteiger partial charge on any atom is -0.325 e. The van der Waals surface area contributed by atoms with Crippen molar-refractivity contribution in [1.29, 1.82) is 0 Å². The van der Waals surface area contributed by atoms with Crippen molar-refractivity contribution >= 4 is 46.3 Å². The average molecular weight is 495 g/mol. The van der Waals surface area contributed by atoms with E-state index in [-0.39, 0.29) is 22.8 Å². The van der Waals surface area contributed by atoms with Gasteiger partial charge in [0.25, 0.3) is 17.3 Å². The van der Waals surface area contributed by atoms with Crippen LogP contribution in [0, 0.1) is 27.2 Å². The van der Waals surface area contributed by atoms with Crippen LogP contribution >= 0.6 is 11.8 Å². The summed E-state index contributed by atoms with van der Waals surface area (Å²) in [5, 5.41) is 26.9. The number of anilines is 2. The standard InChI is InChI=1S/C24H22N4O6S/c1-3-22(24(30)26-21-14-19(28(33)34)10-7-15(21)2)35-20-6-4-5-17(13-20)25-23(29)16-8-11-18(12-9-16)27(31)32/h4-14,22H,3H2,1-2H3,(H,25,29)(H,26,30). The molecule has 0 aliphatic heterocycles. The van der Waals surface area contributed by atoms with Crippen molar-refractivity contribution in [2.24, 2.45) is 0 Å². The number of hydrogen-bond acceptors (Lipinski definition) is 7. The molecule has 0 saturated carbocycles. The molecule has 180 valence electrons. The van der Waals surface area contributed by atoms with Gasteiger partial charge in [0.05, 0.1) is 20.8 Å². The Labute approximate surface area is 205 Å². The Bertz CT molecular complexity index is 1280. The van der Waals surface area contributed by atoms with Gasteiger partial charge in [-0.3, -0.25) is 29.8 Å². The molecule has 0 radical (unpaired) electrons. The Morgan fingerprint density at radius 2 is 1.57 bits per heavy atom. The lowest BCUT2D eigenvalue weighted by molar-refractivity contribution is -0.385. The van der Waals surface area contributed by atoms with Gasteiger partial charge in [-0.15, -0.1) is 11.8 Å². The highest BCUT2D eigenvalue weighted by Crippen LogP contribution is 2.30. The number of hydrogen-bond donors (Lipinski definition) is 2. The van der Waals surface area contributed by atoms with Crippen LogP contribution in [0.2, 0.25) is 0 Å². The maximum absolute atomic E-state index is 12.9. The number of non-ortho nitro benzene ring substituents is 2. The number of carbonyl (C=O) groups excluding carboxylic acids is 2. The first kappa shape index (κ1) is 25.4. The molecule has 0 fully saturated rings. The van der Waals surface area contributed by atoms with Gasteiger partial charge in [0, 0.05) is 40.4 Å².